The average molecular weight is 252 g/mol. The van der Waals surface area contributed by atoms with Gasteiger partial charge in [0.05, 0.1) is 0 Å². The molecule has 0 unspecified atom stereocenters. The third-order valence-corrected chi connectivity index (χ3v) is 4.54. The van der Waals surface area contributed by atoms with Gasteiger partial charge >= 0.3 is 0 Å². The number of hydrogen-bond donors (Lipinski definition) is 1. The van der Waals surface area contributed by atoms with Crippen molar-refractivity contribution in [1.29, 1.82) is 0 Å². The Morgan fingerprint density at radius 2 is 2.24 bits per heavy atom. The molecule has 0 radical (unpaired) electrons. The van der Waals surface area contributed by atoms with Crippen molar-refractivity contribution in [2.24, 2.45) is 0 Å². The molecule has 3 heterocycles. The topological polar surface area (TPSA) is 31.4 Å². The third kappa shape index (κ3) is 2.78. The first-order chi connectivity index (χ1) is 8.42. The molecule has 0 bridgehead atoms. The molecule has 1 N–H and O–H groups in total. The maximum Gasteiger partial charge on any atom is 0.185 e. The van der Waals surface area contributed by atoms with Crippen LogP contribution in [0.1, 0.15) is 12.8 Å². The second kappa shape index (κ2) is 5.33. The van der Waals surface area contributed by atoms with Crippen molar-refractivity contribution in [3.05, 3.63) is 11.6 Å². The number of hydrogen-bond acceptors (Lipinski definition) is 5. The van der Waals surface area contributed by atoms with Gasteiger partial charge in [0.15, 0.2) is 5.13 Å². The molecule has 94 valence electrons. The molecule has 0 amide bonds. The average Bonchev–Trinajstić information content (AvgIpc) is 3.01. The smallest absolute Gasteiger partial charge is 0.185 e. The highest BCUT2D eigenvalue weighted by molar-refractivity contribution is 7.13. The Morgan fingerprint density at radius 1 is 1.35 bits per heavy atom. The van der Waals surface area contributed by atoms with E-state index >= 15 is 0 Å². The number of nitrogens with zero attached hydrogens (tertiary/aromatic N) is 3. The van der Waals surface area contributed by atoms with Crippen LogP contribution in [-0.4, -0.2) is 55.2 Å². The van der Waals surface area contributed by atoms with Crippen molar-refractivity contribution < 1.29 is 0 Å². The summed E-state index contributed by atoms with van der Waals surface area (Å²) in [6.07, 6.45) is 4.60. The van der Waals surface area contributed by atoms with Crippen molar-refractivity contribution in [3.8, 4) is 0 Å². The van der Waals surface area contributed by atoms with Crippen molar-refractivity contribution in [1.82, 2.24) is 15.2 Å². The Morgan fingerprint density at radius 3 is 2.88 bits per heavy atom. The quantitative estimate of drug-likeness (QED) is 0.870. The van der Waals surface area contributed by atoms with Gasteiger partial charge in [-0.3, -0.25) is 4.90 Å². The molecule has 0 saturated carbocycles. The fraction of sp³-hybridized carbons (Fsp3) is 0.750. The maximum atomic E-state index is 4.38. The highest BCUT2D eigenvalue weighted by atomic mass is 32.1. The van der Waals surface area contributed by atoms with Crippen LogP contribution >= 0.6 is 11.3 Å². The maximum absolute atomic E-state index is 4.38. The van der Waals surface area contributed by atoms with E-state index in [1.165, 1.54) is 44.2 Å². The van der Waals surface area contributed by atoms with Crippen LogP contribution in [-0.2, 0) is 0 Å². The summed E-state index contributed by atoms with van der Waals surface area (Å²) in [6, 6.07) is 0.737. The lowest BCUT2D eigenvalue weighted by molar-refractivity contribution is 0.236. The van der Waals surface area contributed by atoms with E-state index in [9.17, 15) is 0 Å². The van der Waals surface area contributed by atoms with E-state index in [1.54, 1.807) is 11.3 Å². The summed E-state index contributed by atoms with van der Waals surface area (Å²) in [6.45, 7) is 7.05. The molecule has 2 aliphatic rings. The molecule has 1 aromatic heterocycles. The minimum absolute atomic E-state index is 0.737. The summed E-state index contributed by atoms with van der Waals surface area (Å²) < 4.78 is 0. The molecule has 0 aromatic carbocycles. The highest BCUT2D eigenvalue weighted by Gasteiger charge is 2.22. The van der Waals surface area contributed by atoms with E-state index in [0.29, 0.717) is 0 Å². The Labute approximate surface area is 107 Å². The summed E-state index contributed by atoms with van der Waals surface area (Å²) >= 11 is 1.75. The highest BCUT2D eigenvalue weighted by Crippen LogP contribution is 2.19. The van der Waals surface area contributed by atoms with Crippen LogP contribution in [0.2, 0.25) is 0 Å². The zero-order valence-electron chi connectivity index (χ0n) is 10.1. The first kappa shape index (κ1) is 11.4. The summed E-state index contributed by atoms with van der Waals surface area (Å²) in [5.41, 5.74) is 0. The number of anilines is 1. The lowest BCUT2D eigenvalue weighted by Gasteiger charge is -2.35. The van der Waals surface area contributed by atoms with Crippen molar-refractivity contribution in [3.63, 3.8) is 0 Å². The van der Waals surface area contributed by atoms with Gasteiger partial charge in [-0.2, -0.15) is 0 Å². The number of thiazole rings is 1. The molecule has 0 spiro atoms. The van der Waals surface area contributed by atoms with E-state index in [0.717, 1.165) is 19.1 Å². The first-order valence-corrected chi connectivity index (χ1v) is 7.40. The van der Waals surface area contributed by atoms with Gasteiger partial charge in [0.2, 0.25) is 0 Å². The number of rotatable bonds is 3. The van der Waals surface area contributed by atoms with Gasteiger partial charge in [0, 0.05) is 50.3 Å². The van der Waals surface area contributed by atoms with E-state index in [4.69, 9.17) is 0 Å². The molecular weight excluding hydrogens is 232 g/mol. The third-order valence-electron chi connectivity index (χ3n) is 3.70. The summed E-state index contributed by atoms with van der Waals surface area (Å²) in [5.74, 6) is 0. The van der Waals surface area contributed by atoms with Gasteiger partial charge in [0.25, 0.3) is 0 Å². The van der Waals surface area contributed by atoms with Gasteiger partial charge < -0.3 is 10.2 Å². The molecule has 4 nitrogen and oxygen atoms in total. The molecule has 1 atom stereocenters. The van der Waals surface area contributed by atoms with Gasteiger partial charge in [-0.25, -0.2) is 4.98 Å². The zero-order chi connectivity index (χ0) is 11.5. The van der Waals surface area contributed by atoms with Gasteiger partial charge in [-0.05, 0) is 19.4 Å². The van der Waals surface area contributed by atoms with Gasteiger partial charge in [-0.15, -0.1) is 11.3 Å². The van der Waals surface area contributed by atoms with Crippen LogP contribution in [0, 0.1) is 0 Å². The van der Waals surface area contributed by atoms with Crippen molar-refractivity contribution in [2.45, 2.75) is 18.9 Å². The molecule has 2 saturated heterocycles. The predicted molar refractivity (Wildman–Crippen MR) is 71.8 cm³/mol. The lowest BCUT2D eigenvalue weighted by Crippen LogP contribution is -2.49. The Balaban J connectivity index is 1.47. The monoisotopic (exact) mass is 252 g/mol. The predicted octanol–water partition coefficient (Wildman–Crippen LogP) is 1.02. The standard InChI is InChI=1S/C12H20N4S/c1-2-11(13-3-1)10-15-5-7-16(8-6-15)12-14-4-9-17-12/h4,9,11,13H,1-3,5-8,10H2/t11-/m1/s1. The molecular formula is C12H20N4S. The number of aromatic nitrogens is 1. The first-order valence-electron chi connectivity index (χ1n) is 6.52. The van der Waals surface area contributed by atoms with Crippen LogP contribution in [0.15, 0.2) is 11.6 Å². The summed E-state index contributed by atoms with van der Waals surface area (Å²) in [5, 5.41) is 6.82. The van der Waals surface area contributed by atoms with Crippen LogP contribution in [0.5, 0.6) is 0 Å². The normalized spacial score (nSPS) is 26.6. The molecule has 2 aliphatic heterocycles. The summed E-state index contributed by atoms with van der Waals surface area (Å²) in [4.78, 5) is 9.38. The molecule has 17 heavy (non-hydrogen) atoms. The van der Waals surface area contributed by atoms with Crippen LogP contribution < -0.4 is 10.2 Å². The minimum atomic E-state index is 0.737. The van der Waals surface area contributed by atoms with Crippen LogP contribution in [0.25, 0.3) is 0 Å². The Bertz CT molecular complexity index is 326. The van der Waals surface area contributed by atoms with E-state index in [1.807, 2.05) is 6.20 Å². The van der Waals surface area contributed by atoms with Crippen molar-refractivity contribution >= 4 is 16.5 Å². The molecule has 0 aliphatic carbocycles. The van der Waals surface area contributed by atoms with E-state index < -0.39 is 0 Å². The fourth-order valence-electron chi connectivity index (χ4n) is 2.72. The Hall–Kier alpha value is -0.650. The van der Waals surface area contributed by atoms with Crippen molar-refractivity contribution in [2.75, 3.05) is 44.2 Å². The minimum Gasteiger partial charge on any atom is -0.346 e. The fourth-order valence-corrected chi connectivity index (χ4v) is 3.41. The number of piperazine rings is 1. The molecule has 1 aromatic rings. The van der Waals surface area contributed by atoms with Crippen LogP contribution in [0.3, 0.4) is 0 Å². The number of nitrogens with one attached hydrogen (secondary N) is 1. The molecule has 3 rings (SSSR count). The SMILES string of the molecule is c1csc(N2CCN(C[C@H]3CCCN3)CC2)n1. The van der Waals surface area contributed by atoms with E-state index in [-0.39, 0.29) is 0 Å². The molecule has 5 heteroatoms. The van der Waals surface area contributed by atoms with E-state index in [2.05, 4.69) is 25.5 Å². The second-order valence-corrected chi connectivity index (χ2v) is 5.77. The zero-order valence-corrected chi connectivity index (χ0v) is 11.0. The lowest BCUT2D eigenvalue weighted by atomic mass is 10.2. The summed E-state index contributed by atoms with van der Waals surface area (Å²) in [7, 11) is 0. The second-order valence-electron chi connectivity index (χ2n) is 4.90. The van der Waals surface area contributed by atoms with Crippen LogP contribution in [0.4, 0.5) is 5.13 Å². The molecule has 2 fully saturated rings. The Kier molecular flexibility index (Phi) is 3.59. The van der Waals surface area contributed by atoms with Gasteiger partial charge in [0.1, 0.15) is 0 Å². The largest absolute Gasteiger partial charge is 0.346 e. The van der Waals surface area contributed by atoms with Gasteiger partial charge in [-0.1, -0.05) is 0 Å².